The highest BCUT2D eigenvalue weighted by atomic mass is 35.5. The predicted octanol–water partition coefficient (Wildman–Crippen LogP) is 11.8. The van der Waals surface area contributed by atoms with E-state index in [0.29, 0.717) is 47.0 Å². The summed E-state index contributed by atoms with van der Waals surface area (Å²) >= 11 is 6.27. The van der Waals surface area contributed by atoms with E-state index in [1.54, 1.807) is 55.5 Å². The largest absolute Gasteiger partial charge is 0.497 e. The van der Waals surface area contributed by atoms with E-state index < -0.39 is 24.6 Å². The number of hydrogen-bond donors (Lipinski definition) is 1. The van der Waals surface area contributed by atoms with Crippen molar-refractivity contribution in [3.8, 4) is 11.5 Å². The van der Waals surface area contributed by atoms with E-state index in [4.69, 9.17) is 30.3 Å². The molecule has 65 heavy (non-hydrogen) atoms. The van der Waals surface area contributed by atoms with Gasteiger partial charge in [0.25, 0.3) is 13.8 Å². The molecule has 0 saturated heterocycles. The number of fused-ring (bicyclic) bond motifs is 3. The lowest BCUT2D eigenvalue weighted by Gasteiger charge is -2.38. The Morgan fingerprint density at radius 2 is 1.52 bits per heavy atom. The van der Waals surface area contributed by atoms with Crippen LogP contribution in [-0.4, -0.2) is 55.8 Å². The number of hydrogen-bond acceptors (Lipinski definition) is 11. The molecule has 1 aliphatic rings. The number of ether oxygens (including phenoxy) is 3. The predicted molar refractivity (Wildman–Crippen MR) is 252 cm³/mol. The fourth-order valence-corrected chi connectivity index (χ4v) is 8.61. The molecule has 1 amide bonds. The Balaban J connectivity index is 1.16. The number of anilines is 2. The van der Waals surface area contributed by atoms with Crippen molar-refractivity contribution >= 4 is 79.9 Å². The number of nitro benzene ring substituents is 1. The van der Waals surface area contributed by atoms with E-state index in [0.717, 1.165) is 27.6 Å². The Kier molecular flexibility index (Phi) is 13.5. The third-order valence-electron chi connectivity index (χ3n) is 11.0. The number of rotatable bonds is 16. The molecule has 1 aliphatic heterocycles. The summed E-state index contributed by atoms with van der Waals surface area (Å²) in [7, 11) is 2.58. The summed E-state index contributed by atoms with van der Waals surface area (Å²) in [6.45, 7) is 0.171. The quantitative estimate of drug-likeness (QED) is 0.0248. The summed E-state index contributed by atoms with van der Waals surface area (Å²) < 4.78 is 36.7. The van der Waals surface area contributed by atoms with Gasteiger partial charge in [0.05, 0.1) is 36.4 Å². The van der Waals surface area contributed by atoms with E-state index in [2.05, 4.69) is 15.2 Å². The van der Waals surface area contributed by atoms with E-state index in [1.807, 2.05) is 98.8 Å². The van der Waals surface area contributed by atoms with Gasteiger partial charge in [0, 0.05) is 41.0 Å². The number of nitro groups is 1. The standard InChI is InChI=1S/C47H40ClFN6O8P2/c1-60-36-17-8-31(9-18-36)47(30-6-4-3-5-7-30,32-10-19-37(61-2)20-11-32)62-29-53(34-14-12-33(13-15-34)51-52-42-21-16-35(55(58)59)26-40(42)48)28-45(56)54-25-24-38-39-27-43(46(57)63-65(49)64)50-41(39)22-23-44(38)54/h3-23,26-27,50H,24-25,28-29,64H2,1-2H3. The average Bonchev–Trinajstić information content (AvgIpc) is 3.97. The van der Waals surface area contributed by atoms with Gasteiger partial charge in [0.2, 0.25) is 5.91 Å². The van der Waals surface area contributed by atoms with Crippen molar-refractivity contribution in [2.75, 3.05) is 43.8 Å². The van der Waals surface area contributed by atoms with Crippen LogP contribution in [0.1, 0.15) is 32.7 Å². The van der Waals surface area contributed by atoms with Gasteiger partial charge in [-0.15, -0.1) is 5.11 Å². The number of carbonyl (C=O) groups is 2. The minimum Gasteiger partial charge on any atom is -0.497 e. The van der Waals surface area contributed by atoms with Crippen LogP contribution in [-0.2, 0) is 26.1 Å². The summed E-state index contributed by atoms with van der Waals surface area (Å²) in [6.07, 6.45) is 0.519. The van der Waals surface area contributed by atoms with Crippen LogP contribution in [0.25, 0.3) is 10.9 Å². The van der Waals surface area contributed by atoms with Gasteiger partial charge in [-0.05, 0) is 110 Å². The molecule has 7 aromatic rings. The molecule has 8 rings (SSSR count). The van der Waals surface area contributed by atoms with Gasteiger partial charge in [-0.2, -0.15) is 9.31 Å². The maximum Gasteiger partial charge on any atom is 0.359 e. The number of halogens is 2. The van der Waals surface area contributed by atoms with Crippen LogP contribution in [0.4, 0.5) is 32.6 Å². The van der Waals surface area contributed by atoms with E-state index in [1.165, 1.54) is 18.2 Å². The second-order valence-corrected chi connectivity index (χ2v) is 17.1. The van der Waals surface area contributed by atoms with Crippen molar-refractivity contribution in [3.63, 3.8) is 0 Å². The lowest BCUT2D eigenvalue weighted by atomic mass is 9.80. The van der Waals surface area contributed by atoms with E-state index >= 15 is 0 Å². The van der Waals surface area contributed by atoms with Crippen LogP contribution < -0.4 is 19.3 Å². The fraction of sp³-hybridized carbons (Fsp3) is 0.149. The first-order valence-electron chi connectivity index (χ1n) is 20.0. The number of H-pyrrole nitrogens is 1. The highest BCUT2D eigenvalue weighted by molar-refractivity contribution is 8.08. The summed E-state index contributed by atoms with van der Waals surface area (Å²) in [5.74, 6) is 0.306. The molecule has 330 valence electrons. The average molecular weight is 933 g/mol. The van der Waals surface area contributed by atoms with Crippen molar-refractivity contribution in [2.45, 2.75) is 12.0 Å². The number of methoxy groups -OCH3 is 2. The van der Waals surface area contributed by atoms with Crippen molar-refractivity contribution in [1.29, 1.82) is 0 Å². The van der Waals surface area contributed by atoms with Crippen LogP contribution in [0.5, 0.6) is 11.5 Å². The number of azo groups is 1. The number of carbonyl (C=O) groups excluding carboxylic acids is 2. The summed E-state index contributed by atoms with van der Waals surface area (Å²) in [6, 6.07) is 41.3. The summed E-state index contributed by atoms with van der Waals surface area (Å²) in [5.41, 5.74) is 4.73. The molecular formula is C47H40ClFN6O8P2. The Morgan fingerprint density at radius 1 is 0.877 bits per heavy atom. The molecule has 0 fully saturated rings. The maximum atomic E-state index is 14.7. The van der Waals surface area contributed by atoms with E-state index in [-0.39, 0.29) is 41.3 Å². The molecule has 2 unspecified atom stereocenters. The van der Waals surface area contributed by atoms with Gasteiger partial charge in [0.15, 0.2) is 0 Å². The number of nitrogens with one attached hydrogen (secondary N) is 1. The molecule has 18 heteroatoms. The molecule has 2 heterocycles. The van der Waals surface area contributed by atoms with Crippen molar-refractivity contribution in [3.05, 3.63) is 183 Å². The SMILES string of the molecule is COc1ccc(C(OCN(CC(=O)N2CCc3c2ccc2[nH]c(C(=O)OP(F)P)cc32)c2ccc(N=Nc3ccc([N+](=O)[O-])cc3Cl)cc2)(c2ccccc2)c2ccc(OC)cc2)cc1. The topological polar surface area (TPSA) is 161 Å². The van der Waals surface area contributed by atoms with Crippen molar-refractivity contribution in [1.82, 2.24) is 4.98 Å². The Bertz CT molecular complexity index is 2840. The van der Waals surface area contributed by atoms with E-state index in [9.17, 15) is 23.9 Å². The molecular weight excluding hydrogens is 893 g/mol. The van der Waals surface area contributed by atoms with Gasteiger partial charge >= 0.3 is 5.97 Å². The first-order valence-corrected chi connectivity index (χ1v) is 23.2. The third kappa shape index (κ3) is 9.55. The van der Waals surface area contributed by atoms with Gasteiger partial charge in [-0.3, -0.25) is 14.9 Å². The van der Waals surface area contributed by atoms with Gasteiger partial charge in [0.1, 0.15) is 35.2 Å². The fourth-order valence-electron chi connectivity index (χ4n) is 7.85. The highest BCUT2D eigenvalue weighted by Crippen LogP contribution is 2.48. The number of aromatic nitrogens is 1. The lowest BCUT2D eigenvalue weighted by molar-refractivity contribution is -0.384. The normalized spacial score (nSPS) is 12.8. The number of aromatic amines is 1. The van der Waals surface area contributed by atoms with Gasteiger partial charge in [-0.1, -0.05) is 66.2 Å². The minimum atomic E-state index is -2.48. The number of benzene rings is 6. The van der Waals surface area contributed by atoms with Crippen LogP contribution in [0, 0.1) is 10.1 Å². The Morgan fingerprint density at radius 3 is 2.12 bits per heavy atom. The van der Waals surface area contributed by atoms with Crippen LogP contribution in [0.3, 0.4) is 0 Å². The molecule has 0 spiro atoms. The van der Waals surface area contributed by atoms with Gasteiger partial charge in [-0.25, -0.2) is 4.79 Å². The van der Waals surface area contributed by atoms with Crippen LogP contribution in [0.15, 0.2) is 150 Å². The van der Waals surface area contributed by atoms with Crippen LogP contribution >= 0.6 is 28.7 Å². The molecule has 0 saturated carbocycles. The molecule has 2 atom stereocenters. The van der Waals surface area contributed by atoms with Crippen molar-refractivity contribution in [2.24, 2.45) is 10.2 Å². The zero-order valence-electron chi connectivity index (χ0n) is 34.9. The molecule has 14 nitrogen and oxygen atoms in total. The monoisotopic (exact) mass is 932 g/mol. The van der Waals surface area contributed by atoms with Crippen molar-refractivity contribution < 1.29 is 37.4 Å². The third-order valence-corrected chi connectivity index (χ3v) is 12.0. The number of amides is 1. The highest BCUT2D eigenvalue weighted by Gasteiger charge is 2.39. The summed E-state index contributed by atoms with van der Waals surface area (Å²) in [5, 5.41) is 20.6. The molecule has 1 aromatic heterocycles. The summed E-state index contributed by atoms with van der Waals surface area (Å²) in [4.78, 5) is 44.4. The smallest absolute Gasteiger partial charge is 0.359 e. The molecule has 0 radical (unpaired) electrons. The Labute approximate surface area is 381 Å². The molecule has 0 aliphatic carbocycles. The lowest BCUT2D eigenvalue weighted by Crippen LogP contribution is -2.43. The second-order valence-electron chi connectivity index (χ2n) is 14.7. The molecule has 0 bridgehead atoms. The van der Waals surface area contributed by atoms with Crippen LogP contribution in [0.2, 0.25) is 5.02 Å². The Hall–Kier alpha value is -6.76. The zero-order valence-corrected chi connectivity index (χ0v) is 37.7. The van der Waals surface area contributed by atoms with Gasteiger partial charge < -0.3 is 33.5 Å². The minimum absolute atomic E-state index is 0.0759. The first-order chi connectivity index (χ1) is 31.5. The molecule has 1 N–H and O–H groups in total. The maximum absolute atomic E-state index is 14.7. The second kappa shape index (κ2) is 19.5. The first kappa shape index (κ1) is 44.8. The number of non-ortho nitro benzene ring substituents is 1. The number of nitrogens with zero attached hydrogens (tertiary/aromatic N) is 5. The molecule has 6 aromatic carbocycles. The zero-order chi connectivity index (χ0) is 45.7.